The van der Waals surface area contributed by atoms with Crippen molar-refractivity contribution >= 4 is 16.8 Å². The number of likely N-dealkylation sites (tertiary alicyclic amines) is 1. The van der Waals surface area contributed by atoms with E-state index in [1.165, 1.54) is 0 Å². The molecule has 3 aromatic rings. The fourth-order valence-electron chi connectivity index (χ4n) is 3.07. The second-order valence-electron chi connectivity index (χ2n) is 6.07. The Balaban J connectivity index is 1.38. The summed E-state index contributed by atoms with van der Waals surface area (Å²) in [4.78, 5) is 18.7. The highest BCUT2D eigenvalue weighted by Gasteiger charge is 2.27. The predicted molar refractivity (Wildman–Crippen MR) is 91.8 cm³/mol. The van der Waals surface area contributed by atoms with E-state index >= 15 is 0 Å². The fraction of sp³-hybridized carbons (Fsp3) is 0.263. The van der Waals surface area contributed by atoms with Crippen molar-refractivity contribution in [3.05, 3.63) is 60.9 Å². The third-order valence-electron chi connectivity index (χ3n) is 4.34. The Bertz CT molecular complexity index is 845. The van der Waals surface area contributed by atoms with E-state index in [1.54, 1.807) is 0 Å². The SMILES string of the molecule is O=C(Cn1cccc1)N1CC[C@@H](Oc2ccc3ccccc3n2)C1. The minimum atomic E-state index is 0.00674. The summed E-state index contributed by atoms with van der Waals surface area (Å²) >= 11 is 0. The van der Waals surface area contributed by atoms with Gasteiger partial charge in [-0.25, -0.2) is 4.98 Å². The maximum Gasteiger partial charge on any atom is 0.242 e. The van der Waals surface area contributed by atoms with Crippen molar-refractivity contribution in [1.29, 1.82) is 0 Å². The Labute approximate surface area is 140 Å². The molecule has 0 spiro atoms. The Hall–Kier alpha value is -2.82. The Morgan fingerprint density at radius 3 is 2.83 bits per heavy atom. The van der Waals surface area contributed by atoms with Crippen LogP contribution in [0.2, 0.25) is 0 Å². The van der Waals surface area contributed by atoms with Gasteiger partial charge in [0.2, 0.25) is 11.8 Å². The molecular formula is C19H19N3O2. The van der Waals surface area contributed by atoms with Gasteiger partial charge in [-0.2, -0.15) is 0 Å². The summed E-state index contributed by atoms with van der Waals surface area (Å²) in [5.41, 5.74) is 0.925. The minimum Gasteiger partial charge on any atom is -0.472 e. The zero-order valence-corrected chi connectivity index (χ0v) is 13.3. The maximum atomic E-state index is 12.3. The first kappa shape index (κ1) is 14.8. The number of aromatic nitrogens is 2. The third-order valence-corrected chi connectivity index (χ3v) is 4.34. The molecule has 1 amide bonds. The van der Waals surface area contributed by atoms with Crippen LogP contribution in [0, 0.1) is 0 Å². The lowest BCUT2D eigenvalue weighted by atomic mass is 10.2. The van der Waals surface area contributed by atoms with Gasteiger partial charge in [-0.05, 0) is 24.3 Å². The molecule has 0 aliphatic carbocycles. The lowest BCUT2D eigenvalue weighted by molar-refractivity contribution is -0.131. The highest BCUT2D eigenvalue weighted by molar-refractivity contribution is 5.78. The van der Waals surface area contributed by atoms with Crippen LogP contribution in [0.25, 0.3) is 10.9 Å². The van der Waals surface area contributed by atoms with Crippen molar-refractivity contribution in [3.63, 3.8) is 0 Å². The van der Waals surface area contributed by atoms with E-state index in [1.807, 2.05) is 70.4 Å². The number of hydrogen-bond acceptors (Lipinski definition) is 3. The standard InChI is InChI=1S/C19H19N3O2/c23-19(14-21-10-3-4-11-21)22-12-9-16(13-22)24-18-8-7-15-5-1-2-6-17(15)20-18/h1-8,10-11,16H,9,12-14H2/t16-/m1/s1. The van der Waals surface area contributed by atoms with E-state index in [4.69, 9.17) is 4.74 Å². The van der Waals surface area contributed by atoms with Crippen LogP contribution in [0.5, 0.6) is 5.88 Å². The Morgan fingerprint density at radius 1 is 1.12 bits per heavy atom. The Kier molecular flexibility index (Phi) is 3.91. The molecule has 122 valence electrons. The summed E-state index contributed by atoms with van der Waals surface area (Å²) in [6, 6.07) is 15.7. The van der Waals surface area contributed by atoms with Gasteiger partial charge >= 0.3 is 0 Å². The number of carbonyl (C=O) groups excluding carboxylic acids is 1. The molecule has 1 saturated heterocycles. The minimum absolute atomic E-state index is 0.00674. The van der Waals surface area contributed by atoms with Crippen LogP contribution in [0.3, 0.4) is 0 Å². The molecule has 0 unspecified atom stereocenters. The number of fused-ring (bicyclic) bond motifs is 1. The van der Waals surface area contributed by atoms with Gasteiger partial charge in [0.25, 0.3) is 0 Å². The largest absolute Gasteiger partial charge is 0.472 e. The van der Waals surface area contributed by atoms with Crippen LogP contribution in [-0.2, 0) is 11.3 Å². The maximum absolute atomic E-state index is 12.3. The molecule has 5 nitrogen and oxygen atoms in total. The number of carbonyl (C=O) groups is 1. The molecule has 0 saturated carbocycles. The third kappa shape index (κ3) is 3.11. The average molecular weight is 321 g/mol. The molecule has 0 N–H and O–H groups in total. The van der Waals surface area contributed by atoms with E-state index in [-0.39, 0.29) is 12.0 Å². The molecule has 24 heavy (non-hydrogen) atoms. The quantitative estimate of drug-likeness (QED) is 0.742. The van der Waals surface area contributed by atoms with Crippen LogP contribution in [-0.4, -0.2) is 39.6 Å². The second kappa shape index (κ2) is 6.35. The first-order valence-electron chi connectivity index (χ1n) is 8.19. The van der Waals surface area contributed by atoms with Gasteiger partial charge < -0.3 is 14.2 Å². The van der Waals surface area contributed by atoms with Gasteiger partial charge in [0.15, 0.2) is 0 Å². The Morgan fingerprint density at radius 2 is 1.96 bits per heavy atom. The number of para-hydroxylation sites is 1. The van der Waals surface area contributed by atoms with E-state index in [9.17, 15) is 4.79 Å². The van der Waals surface area contributed by atoms with Gasteiger partial charge in [0, 0.05) is 36.8 Å². The lowest BCUT2D eigenvalue weighted by Gasteiger charge is -2.17. The number of pyridine rings is 1. The van der Waals surface area contributed by atoms with Crippen molar-refractivity contribution in [2.24, 2.45) is 0 Å². The fourth-order valence-corrected chi connectivity index (χ4v) is 3.07. The van der Waals surface area contributed by atoms with Crippen molar-refractivity contribution in [2.45, 2.75) is 19.1 Å². The molecule has 5 heteroatoms. The van der Waals surface area contributed by atoms with E-state index in [0.717, 1.165) is 23.9 Å². The summed E-state index contributed by atoms with van der Waals surface area (Å²) in [7, 11) is 0. The molecule has 1 fully saturated rings. The number of amides is 1. The number of benzene rings is 1. The highest BCUT2D eigenvalue weighted by atomic mass is 16.5. The van der Waals surface area contributed by atoms with Crippen molar-refractivity contribution in [2.75, 3.05) is 13.1 Å². The van der Waals surface area contributed by atoms with Crippen LogP contribution >= 0.6 is 0 Å². The highest BCUT2D eigenvalue weighted by Crippen LogP contribution is 2.20. The van der Waals surface area contributed by atoms with Crippen LogP contribution in [0.15, 0.2) is 60.9 Å². The summed E-state index contributed by atoms with van der Waals surface area (Å²) < 4.78 is 7.88. The molecule has 1 atom stereocenters. The molecule has 3 heterocycles. The van der Waals surface area contributed by atoms with Crippen molar-refractivity contribution < 1.29 is 9.53 Å². The van der Waals surface area contributed by atoms with Gasteiger partial charge in [0.1, 0.15) is 12.6 Å². The summed E-state index contributed by atoms with van der Waals surface area (Å²) in [5.74, 6) is 0.752. The first-order chi connectivity index (χ1) is 11.8. The topological polar surface area (TPSA) is 47.4 Å². The molecule has 1 aliphatic rings. The average Bonchev–Trinajstić information content (AvgIpc) is 3.27. The van der Waals surface area contributed by atoms with Gasteiger partial charge in [-0.15, -0.1) is 0 Å². The summed E-state index contributed by atoms with van der Waals surface area (Å²) in [6.45, 7) is 1.74. The van der Waals surface area contributed by atoms with E-state index < -0.39 is 0 Å². The lowest BCUT2D eigenvalue weighted by Crippen LogP contribution is -2.33. The number of nitrogens with zero attached hydrogens (tertiary/aromatic N) is 3. The number of hydrogen-bond donors (Lipinski definition) is 0. The predicted octanol–water partition coefficient (Wildman–Crippen LogP) is 2.72. The number of ether oxygens (including phenoxy) is 1. The van der Waals surface area contributed by atoms with Crippen LogP contribution < -0.4 is 4.74 Å². The van der Waals surface area contributed by atoms with Gasteiger partial charge in [-0.3, -0.25) is 4.79 Å². The molecule has 0 bridgehead atoms. The van der Waals surface area contributed by atoms with Crippen LogP contribution in [0.4, 0.5) is 0 Å². The first-order valence-corrected chi connectivity index (χ1v) is 8.19. The summed E-state index contributed by atoms with van der Waals surface area (Å²) in [5, 5.41) is 1.10. The molecule has 4 rings (SSSR count). The normalized spacial score (nSPS) is 17.3. The molecular weight excluding hydrogens is 302 g/mol. The monoisotopic (exact) mass is 321 g/mol. The zero-order valence-electron chi connectivity index (χ0n) is 13.3. The van der Waals surface area contributed by atoms with Gasteiger partial charge in [0.05, 0.1) is 12.1 Å². The van der Waals surface area contributed by atoms with E-state index in [0.29, 0.717) is 19.0 Å². The zero-order chi connectivity index (χ0) is 16.4. The smallest absolute Gasteiger partial charge is 0.242 e. The second-order valence-corrected chi connectivity index (χ2v) is 6.07. The van der Waals surface area contributed by atoms with E-state index in [2.05, 4.69) is 4.98 Å². The molecule has 0 radical (unpaired) electrons. The van der Waals surface area contributed by atoms with Gasteiger partial charge in [-0.1, -0.05) is 18.2 Å². The molecule has 1 aliphatic heterocycles. The van der Waals surface area contributed by atoms with Crippen LogP contribution in [0.1, 0.15) is 6.42 Å². The van der Waals surface area contributed by atoms with Crippen molar-refractivity contribution in [3.8, 4) is 5.88 Å². The molecule has 1 aromatic carbocycles. The summed E-state index contributed by atoms with van der Waals surface area (Å²) in [6.07, 6.45) is 4.65. The van der Waals surface area contributed by atoms with Crippen molar-refractivity contribution in [1.82, 2.24) is 14.5 Å². The molecule has 2 aromatic heterocycles. The number of rotatable bonds is 4.